The molecule has 1 amide bonds. The average molecular weight is 401 g/mol. The second-order valence-corrected chi connectivity index (χ2v) is 8.64. The molecule has 2 fully saturated rings. The second-order valence-electron chi connectivity index (χ2n) is 8.64. The summed E-state index contributed by atoms with van der Waals surface area (Å²) >= 11 is 0. The Morgan fingerprint density at radius 3 is 2.50 bits per heavy atom. The van der Waals surface area contributed by atoms with Gasteiger partial charge in [-0.2, -0.15) is 0 Å². The molecule has 1 unspecified atom stereocenters. The number of piperidine rings is 1. The van der Waals surface area contributed by atoms with Gasteiger partial charge in [-0.1, -0.05) is 48.2 Å². The van der Waals surface area contributed by atoms with Crippen LogP contribution in [0.4, 0.5) is 0 Å². The minimum atomic E-state index is 0.367. The van der Waals surface area contributed by atoms with E-state index in [0.717, 1.165) is 56.7 Å². The number of benzene rings is 2. The van der Waals surface area contributed by atoms with Gasteiger partial charge < -0.3 is 4.90 Å². The van der Waals surface area contributed by atoms with E-state index in [4.69, 9.17) is 0 Å². The maximum Gasteiger partial charge on any atom is 0.222 e. The Morgan fingerprint density at radius 2 is 1.67 bits per heavy atom. The molecule has 0 aliphatic carbocycles. The van der Waals surface area contributed by atoms with Crippen molar-refractivity contribution in [1.29, 1.82) is 0 Å². The van der Waals surface area contributed by atoms with Crippen molar-refractivity contribution in [3.8, 4) is 11.8 Å². The number of carbonyl (C=O) groups is 1. The normalized spacial score (nSPS) is 19.3. The molecular weight excluding hydrogens is 368 g/mol. The number of hydrogen-bond donors (Lipinski definition) is 0. The monoisotopic (exact) mass is 400 g/mol. The molecule has 2 aliphatic heterocycles. The number of likely N-dealkylation sites (tertiary alicyclic amines) is 2. The zero-order valence-electron chi connectivity index (χ0n) is 17.9. The molecular formula is C27H32N2O. The zero-order valence-corrected chi connectivity index (χ0v) is 17.9. The smallest absolute Gasteiger partial charge is 0.222 e. The van der Waals surface area contributed by atoms with E-state index in [-0.39, 0.29) is 0 Å². The fraction of sp³-hybridized carbons (Fsp3) is 0.444. The van der Waals surface area contributed by atoms with Crippen molar-refractivity contribution in [2.45, 2.75) is 45.1 Å². The van der Waals surface area contributed by atoms with Crippen LogP contribution in [0.2, 0.25) is 0 Å². The predicted octanol–water partition coefficient (Wildman–Crippen LogP) is 4.70. The number of amides is 1. The highest BCUT2D eigenvalue weighted by molar-refractivity contribution is 5.76. The number of nitrogens with zero attached hydrogens (tertiary/aromatic N) is 2. The third-order valence-corrected chi connectivity index (χ3v) is 6.35. The van der Waals surface area contributed by atoms with Crippen molar-refractivity contribution in [2.75, 3.05) is 26.2 Å². The third kappa shape index (κ3) is 5.74. The van der Waals surface area contributed by atoms with Gasteiger partial charge in [0, 0.05) is 43.7 Å². The van der Waals surface area contributed by atoms with E-state index < -0.39 is 0 Å². The van der Waals surface area contributed by atoms with Crippen LogP contribution in [0.3, 0.4) is 0 Å². The van der Waals surface area contributed by atoms with Gasteiger partial charge in [-0.15, -0.1) is 0 Å². The molecule has 0 aromatic heterocycles. The first-order chi connectivity index (χ1) is 14.8. The molecule has 4 rings (SSSR count). The van der Waals surface area contributed by atoms with E-state index in [1.165, 1.54) is 31.2 Å². The minimum absolute atomic E-state index is 0.367. The summed E-state index contributed by atoms with van der Waals surface area (Å²) in [6, 6.07) is 18.7. The van der Waals surface area contributed by atoms with Gasteiger partial charge in [0.15, 0.2) is 0 Å². The van der Waals surface area contributed by atoms with E-state index in [1.54, 1.807) is 0 Å². The molecule has 0 saturated carbocycles. The van der Waals surface area contributed by atoms with Crippen LogP contribution in [-0.2, 0) is 11.3 Å². The van der Waals surface area contributed by atoms with Crippen LogP contribution in [0.25, 0.3) is 0 Å². The fourth-order valence-electron chi connectivity index (χ4n) is 4.66. The largest absolute Gasteiger partial charge is 0.343 e. The highest BCUT2D eigenvalue weighted by atomic mass is 16.2. The SMILES string of the molecule is O=C(CCC1CCCN(Cc2ccccc2C#Cc2ccccc2)C1)N1CCCC1. The van der Waals surface area contributed by atoms with Crippen LogP contribution < -0.4 is 0 Å². The summed E-state index contributed by atoms with van der Waals surface area (Å²) in [7, 11) is 0. The zero-order chi connectivity index (χ0) is 20.6. The Balaban J connectivity index is 1.34. The van der Waals surface area contributed by atoms with Gasteiger partial charge in [-0.05, 0) is 68.3 Å². The quantitative estimate of drug-likeness (QED) is 0.679. The molecule has 3 nitrogen and oxygen atoms in total. The molecule has 0 spiro atoms. The molecule has 0 bridgehead atoms. The van der Waals surface area contributed by atoms with Gasteiger partial charge in [0.2, 0.25) is 5.91 Å². The second kappa shape index (κ2) is 10.5. The van der Waals surface area contributed by atoms with E-state index in [0.29, 0.717) is 11.8 Å². The first-order valence-corrected chi connectivity index (χ1v) is 11.4. The van der Waals surface area contributed by atoms with E-state index >= 15 is 0 Å². The lowest BCUT2D eigenvalue weighted by Crippen LogP contribution is -2.36. The van der Waals surface area contributed by atoms with Crippen LogP contribution in [0, 0.1) is 17.8 Å². The molecule has 30 heavy (non-hydrogen) atoms. The molecule has 2 saturated heterocycles. The Bertz CT molecular complexity index is 890. The van der Waals surface area contributed by atoms with Crippen LogP contribution in [0.5, 0.6) is 0 Å². The maximum absolute atomic E-state index is 12.4. The molecule has 2 heterocycles. The third-order valence-electron chi connectivity index (χ3n) is 6.35. The average Bonchev–Trinajstić information content (AvgIpc) is 3.33. The Kier molecular flexibility index (Phi) is 7.21. The van der Waals surface area contributed by atoms with E-state index in [2.05, 4.69) is 45.9 Å². The molecule has 1 atom stereocenters. The van der Waals surface area contributed by atoms with Gasteiger partial charge in [0.25, 0.3) is 0 Å². The maximum atomic E-state index is 12.4. The van der Waals surface area contributed by atoms with Crippen LogP contribution in [0.1, 0.15) is 55.2 Å². The Labute approximate surface area is 181 Å². The summed E-state index contributed by atoms with van der Waals surface area (Å²) < 4.78 is 0. The van der Waals surface area contributed by atoms with Gasteiger partial charge >= 0.3 is 0 Å². The van der Waals surface area contributed by atoms with Gasteiger partial charge in [0.05, 0.1) is 0 Å². The minimum Gasteiger partial charge on any atom is -0.343 e. The summed E-state index contributed by atoms with van der Waals surface area (Å²) in [5, 5.41) is 0. The van der Waals surface area contributed by atoms with Crippen LogP contribution in [0.15, 0.2) is 54.6 Å². The van der Waals surface area contributed by atoms with Gasteiger partial charge in [-0.25, -0.2) is 0 Å². The van der Waals surface area contributed by atoms with Crippen molar-refractivity contribution in [1.82, 2.24) is 9.80 Å². The molecule has 2 aromatic carbocycles. The number of rotatable bonds is 5. The highest BCUT2D eigenvalue weighted by Crippen LogP contribution is 2.24. The summed E-state index contributed by atoms with van der Waals surface area (Å²) in [6.45, 7) is 5.10. The van der Waals surface area contributed by atoms with Crippen molar-refractivity contribution in [2.24, 2.45) is 5.92 Å². The summed E-state index contributed by atoms with van der Waals surface area (Å²) in [5.41, 5.74) is 3.47. The molecule has 156 valence electrons. The molecule has 3 heteroatoms. The van der Waals surface area contributed by atoms with Gasteiger partial charge in [0.1, 0.15) is 0 Å². The summed E-state index contributed by atoms with van der Waals surface area (Å²) in [4.78, 5) is 17.0. The molecule has 2 aliphatic rings. The molecule has 2 aromatic rings. The van der Waals surface area contributed by atoms with Crippen LogP contribution >= 0.6 is 0 Å². The molecule has 0 radical (unpaired) electrons. The predicted molar refractivity (Wildman–Crippen MR) is 122 cm³/mol. The summed E-state index contributed by atoms with van der Waals surface area (Å²) in [6.07, 6.45) is 6.57. The lowest BCUT2D eigenvalue weighted by Gasteiger charge is -2.33. The lowest BCUT2D eigenvalue weighted by molar-refractivity contribution is -0.130. The topological polar surface area (TPSA) is 23.6 Å². The lowest BCUT2D eigenvalue weighted by atomic mass is 9.92. The van der Waals surface area contributed by atoms with Crippen molar-refractivity contribution < 1.29 is 4.79 Å². The first kappa shape index (κ1) is 20.7. The fourth-order valence-corrected chi connectivity index (χ4v) is 4.66. The molecule has 0 N–H and O–H groups in total. The van der Waals surface area contributed by atoms with Crippen LogP contribution in [-0.4, -0.2) is 41.9 Å². The Morgan fingerprint density at radius 1 is 0.900 bits per heavy atom. The van der Waals surface area contributed by atoms with Crippen molar-refractivity contribution in [3.05, 3.63) is 71.3 Å². The standard InChI is InChI=1S/C27H32N2O/c30-27(29-19-6-7-20-29)17-15-24-11-8-18-28(21-24)22-26-13-5-4-12-25(26)16-14-23-9-2-1-3-10-23/h1-5,9-10,12-13,24H,6-8,11,15,17-22H2. The van der Waals surface area contributed by atoms with Crippen molar-refractivity contribution in [3.63, 3.8) is 0 Å². The summed E-state index contributed by atoms with van der Waals surface area (Å²) in [5.74, 6) is 7.67. The van der Waals surface area contributed by atoms with Crippen molar-refractivity contribution >= 4 is 5.91 Å². The van der Waals surface area contributed by atoms with E-state index in [1.807, 2.05) is 30.3 Å². The van der Waals surface area contributed by atoms with Gasteiger partial charge in [-0.3, -0.25) is 9.69 Å². The number of hydrogen-bond acceptors (Lipinski definition) is 2. The van der Waals surface area contributed by atoms with E-state index in [9.17, 15) is 4.79 Å². The highest BCUT2D eigenvalue weighted by Gasteiger charge is 2.23. The Hall–Kier alpha value is -2.57. The first-order valence-electron chi connectivity index (χ1n) is 11.4. The number of carbonyl (C=O) groups excluding carboxylic acids is 1.